The van der Waals surface area contributed by atoms with Crippen molar-refractivity contribution in [2.75, 3.05) is 6.26 Å². The predicted octanol–water partition coefficient (Wildman–Crippen LogP) is 3.33. The molecule has 0 spiro atoms. The number of halogens is 1. The summed E-state index contributed by atoms with van der Waals surface area (Å²) in [6.45, 7) is 2.13. The van der Waals surface area contributed by atoms with Crippen LogP contribution < -0.4 is 0 Å². The summed E-state index contributed by atoms with van der Waals surface area (Å²) < 4.78 is 1.20. The van der Waals surface area contributed by atoms with Gasteiger partial charge in [0, 0.05) is 5.75 Å². The van der Waals surface area contributed by atoms with E-state index in [0.29, 0.717) is 0 Å². The zero-order valence-corrected chi connectivity index (χ0v) is 9.77. The van der Waals surface area contributed by atoms with Crippen LogP contribution in [0.5, 0.6) is 0 Å². The normalized spacial score (nSPS) is 10.5. The average Bonchev–Trinajstić information content (AvgIpc) is 2.32. The largest absolute Gasteiger partial charge is 0.244 e. The van der Waals surface area contributed by atoms with Crippen LogP contribution in [-0.4, -0.2) is 11.2 Å². The second-order valence-electron chi connectivity index (χ2n) is 2.11. The summed E-state index contributed by atoms with van der Waals surface area (Å²) in [4.78, 5) is 4.47. The Balaban J connectivity index is 2.77. The standard InChI is InChI=1S/C7H10BrNS2/c1-3-5-7(8)11-6(9-5)4-10-2/h3-4H2,1-2H3. The number of hydrogen-bond donors (Lipinski definition) is 0. The van der Waals surface area contributed by atoms with E-state index in [0.717, 1.165) is 12.2 Å². The molecule has 0 bridgehead atoms. The van der Waals surface area contributed by atoms with Crippen LogP contribution in [0.15, 0.2) is 3.79 Å². The fourth-order valence-corrected chi connectivity index (χ4v) is 3.28. The lowest BCUT2D eigenvalue weighted by atomic mass is 10.4. The minimum Gasteiger partial charge on any atom is -0.244 e. The topological polar surface area (TPSA) is 12.9 Å². The summed E-state index contributed by atoms with van der Waals surface area (Å²) in [5, 5.41) is 1.22. The maximum absolute atomic E-state index is 4.47. The Bertz CT molecular complexity index is 234. The molecule has 0 amide bonds. The van der Waals surface area contributed by atoms with E-state index in [9.17, 15) is 0 Å². The van der Waals surface area contributed by atoms with Gasteiger partial charge < -0.3 is 0 Å². The van der Waals surface area contributed by atoms with Crippen molar-refractivity contribution in [1.29, 1.82) is 0 Å². The van der Waals surface area contributed by atoms with Gasteiger partial charge in [-0.25, -0.2) is 4.98 Å². The molecule has 0 aliphatic rings. The minimum atomic E-state index is 1.02. The fraction of sp³-hybridized carbons (Fsp3) is 0.571. The molecule has 0 aromatic carbocycles. The van der Waals surface area contributed by atoms with Crippen molar-refractivity contribution in [3.63, 3.8) is 0 Å². The van der Waals surface area contributed by atoms with Gasteiger partial charge in [-0.05, 0) is 28.6 Å². The number of aryl methyl sites for hydroxylation is 1. The molecule has 0 radical (unpaired) electrons. The van der Waals surface area contributed by atoms with Crippen LogP contribution in [0.4, 0.5) is 0 Å². The first-order chi connectivity index (χ1) is 5.27. The molecule has 1 aromatic heterocycles. The number of aromatic nitrogens is 1. The van der Waals surface area contributed by atoms with Crippen LogP contribution in [0.3, 0.4) is 0 Å². The number of nitrogens with zero attached hydrogens (tertiary/aromatic N) is 1. The Morgan fingerprint density at radius 3 is 2.82 bits per heavy atom. The molecule has 0 saturated carbocycles. The maximum Gasteiger partial charge on any atom is 0.104 e. The van der Waals surface area contributed by atoms with Crippen LogP contribution in [0.25, 0.3) is 0 Å². The number of thiazole rings is 1. The quantitative estimate of drug-likeness (QED) is 0.818. The number of rotatable bonds is 3. The van der Waals surface area contributed by atoms with E-state index in [1.807, 2.05) is 11.8 Å². The second kappa shape index (κ2) is 4.48. The molecule has 1 nitrogen and oxygen atoms in total. The SMILES string of the molecule is CCc1nc(CSC)sc1Br. The zero-order chi connectivity index (χ0) is 8.27. The third-order valence-electron chi connectivity index (χ3n) is 1.30. The van der Waals surface area contributed by atoms with Crippen LogP contribution in [0, 0.1) is 0 Å². The molecule has 0 fully saturated rings. The molecule has 4 heteroatoms. The fourth-order valence-electron chi connectivity index (χ4n) is 0.783. The van der Waals surface area contributed by atoms with Crippen molar-refractivity contribution in [2.24, 2.45) is 0 Å². The van der Waals surface area contributed by atoms with Crippen LogP contribution in [0.2, 0.25) is 0 Å². The van der Waals surface area contributed by atoms with Gasteiger partial charge in [0.15, 0.2) is 0 Å². The lowest BCUT2D eigenvalue weighted by Gasteiger charge is -1.87. The van der Waals surface area contributed by atoms with Gasteiger partial charge >= 0.3 is 0 Å². The molecular formula is C7H10BrNS2. The molecule has 11 heavy (non-hydrogen) atoms. The Morgan fingerprint density at radius 2 is 2.36 bits per heavy atom. The Labute approximate surface area is 83.7 Å². The highest BCUT2D eigenvalue weighted by molar-refractivity contribution is 9.11. The van der Waals surface area contributed by atoms with Gasteiger partial charge in [0.25, 0.3) is 0 Å². The van der Waals surface area contributed by atoms with Crippen molar-refractivity contribution < 1.29 is 0 Å². The molecule has 1 aromatic rings. The highest BCUT2D eigenvalue weighted by atomic mass is 79.9. The van der Waals surface area contributed by atoms with Gasteiger partial charge in [-0.15, -0.1) is 11.3 Å². The first-order valence-corrected chi connectivity index (χ1v) is 6.41. The highest BCUT2D eigenvalue weighted by Crippen LogP contribution is 2.26. The van der Waals surface area contributed by atoms with E-state index in [4.69, 9.17) is 0 Å². The van der Waals surface area contributed by atoms with Crippen LogP contribution in [0.1, 0.15) is 17.6 Å². The van der Waals surface area contributed by atoms with E-state index in [-0.39, 0.29) is 0 Å². The Kier molecular flexibility index (Phi) is 3.89. The van der Waals surface area contributed by atoms with Crippen molar-refractivity contribution in [1.82, 2.24) is 4.98 Å². The molecular weight excluding hydrogens is 242 g/mol. The zero-order valence-electron chi connectivity index (χ0n) is 6.56. The minimum absolute atomic E-state index is 1.02. The molecule has 0 saturated heterocycles. The van der Waals surface area contributed by atoms with Gasteiger partial charge in [0.1, 0.15) is 5.01 Å². The summed E-state index contributed by atoms with van der Waals surface area (Å²) in [5.74, 6) is 1.03. The van der Waals surface area contributed by atoms with E-state index >= 15 is 0 Å². The highest BCUT2D eigenvalue weighted by Gasteiger charge is 2.05. The molecule has 62 valence electrons. The molecule has 0 aliphatic heterocycles. The first kappa shape index (κ1) is 9.55. The summed E-state index contributed by atoms with van der Waals surface area (Å²) in [6.07, 6.45) is 3.12. The molecule has 0 unspecified atom stereocenters. The van der Waals surface area contributed by atoms with Gasteiger partial charge in [-0.1, -0.05) is 6.92 Å². The molecule has 1 heterocycles. The summed E-state index contributed by atoms with van der Waals surface area (Å²) in [5.41, 5.74) is 1.19. The van der Waals surface area contributed by atoms with Crippen molar-refractivity contribution in [3.8, 4) is 0 Å². The van der Waals surface area contributed by atoms with Gasteiger partial charge in [-0.3, -0.25) is 0 Å². The van der Waals surface area contributed by atoms with E-state index in [1.165, 1.54) is 14.5 Å². The number of thioether (sulfide) groups is 1. The van der Waals surface area contributed by atoms with Crippen molar-refractivity contribution in [2.45, 2.75) is 19.1 Å². The Hall–Kier alpha value is 0.460. The predicted molar refractivity (Wildman–Crippen MR) is 56.4 cm³/mol. The van der Waals surface area contributed by atoms with Crippen LogP contribution in [-0.2, 0) is 12.2 Å². The van der Waals surface area contributed by atoms with Gasteiger partial charge in [0.05, 0.1) is 9.48 Å². The van der Waals surface area contributed by atoms with Gasteiger partial charge in [0.2, 0.25) is 0 Å². The third-order valence-corrected chi connectivity index (χ3v) is 3.87. The summed E-state index contributed by atoms with van der Waals surface area (Å²) >= 11 is 7.06. The van der Waals surface area contributed by atoms with Gasteiger partial charge in [-0.2, -0.15) is 11.8 Å². The number of hydrogen-bond acceptors (Lipinski definition) is 3. The van der Waals surface area contributed by atoms with E-state index in [1.54, 1.807) is 11.3 Å². The van der Waals surface area contributed by atoms with E-state index < -0.39 is 0 Å². The summed E-state index contributed by atoms with van der Waals surface area (Å²) in [7, 11) is 0. The van der Waals surface area contributed by atoms with E-state index in [2.05, 4.69) is 34.1 Å². The third kappa shape index (κ3) is 2.46. The smallest absolute Gasteiger partial charge is 0.104 e. The molecule has 0 aliphatic carbocycles. The second-order valence-corrected chi connectivity index (χ2v) is 5.38. The molecule has 0 atom stereocenters. The summed E-state index contributed by atoms with van der Waals surface area (Å²) in [6, 6.07) is 0. The lowest BCUT2D eigenvalue weighted by molar-refractivity contribution is 1.03. The maximum atomic E-state index is 4.47. The van der Waals surface area contributed by atoms with Crippen LogP contribution >= 0.6 is 39.0 Å². The average molecular weight is 252 g/mol. The molecule has 0 N–H and O–H groups in total. The monoisotopic (exact) mass is 251 g/mol. The molecule has 1 rings (SSSR count). The van der Waals surface area contributed by atoms with Crippen molar-refractivity contribution >= 4 is 39.0 Å². The first-order valence-electron chi connectivity index (χ1n) is 3.41. The lowest BCUT2D eigenvalue weighted by Crippen LogP contribution is -1.82. The Morgan fingerprint density at radius 1 is 1.64 bits per heavy atom. The van der Waals surface area contributed by atoms with Crippen molar-refractivity contribution in [3.05, 3.63) is 14.5 Å².